The van der Waals surface area contributed by atoms with Crippen molar-refractivity contribution >= 4 is 23.2 Å². The molecule has 2 amide bonds. The van der Waals surface area contributed by atoms with Gasteiger partial charge in [0.25, 0.3) is 0 Å². The number of benzene rings is 2. The molecule has 0 radical (unpaired) electrons. The number of aliphatic imine (C=N–C) groups is 1. The van der Waals surface area contributed by atoms with E-state index in [2.05, 4.69) is 10.6 Å². The van der Waals surface area contributed by atoms with E-state index < -0.39 is 6.04 Å². The smallest absolute Gasteiger partial charge is 0.245 e. The molecule has 170 valence electrons. The quantitative estimate of drug-likeness (QED) is 0.625. The number of methoxy groups -OCH3 is 2. The minimum Gasteiger partial charge on any atom is -0.493 e. The van der Waals surface area contributed by atoms with Gasteiger partial charge in [0.2, 0.25) is 11.8 Å². The highest BCUT2D eigenvalue weighted by Crippen LogP contribution is 2.29. The molecule has 32 heavy (non-hydrogen) atoms. The molecule has 2 aromatic carbocycles. The van der Waals surface area contributed by atoms with Gasteiger partial charge < -0.3 is 20.1 Å². The van der Waals surface area contributed by atoms with Crippen LogP contribution in [0, 0.1) is 0 Å². The van der Waals surface area contributed by atoms with E-state index in [1.165, 1.54) is 0 Å². The number of nitrogens with zero attached hydrogens (tertiary/aromatic N) is 1. The van der Waals surface area contributed by atoms with Gasteiger partial charge in [-0.25, -0.2) is 0 Å². The SMILES string of the molecule is CCCC(=O)Nc1ccc(CC2N=C(c3ccc(OC)c(OC)c3)C(CC)NC2=O)cc1. The Bertz CT molecular complexity index is 985. The molecule has 0 spiro atoms. The first-order chi connectivity index (χ1) is 15.5. The maximum Gasteiger partial charge on any atom is 0.245 e. The lowest BCUT2D eigenvalue weighted by molar-refractivity contribution is -0.123. The highest BCUT2D eigenvalue weighted by atomic mass is 16.5. The van der Waals surface area contributed by atoms with E-state index in [9.17, 15) is 9.59 Å². The topological polar surface area (TPSA) is 89.0 Å². The first-order valence-electron chi connectivity index (χ1n) is 11.0. The molecular formula is C25H31N3O4. The molecule has 2 N–H and O–H groups in total. The van der Waals surface area contributed by atoms with Crippen LogP contribution >= 0.6 is 0 Å². The predicted molar refractivity (Wildman–Crippen MR) is 126 cm³/mol. The third-order valence-electron chi connectivity index (χ3n) is 5.48. The summed E-state index contributed by atoms with van der Waals surface area (Å²) in [4.78, 5) is 29.4. The Morgan fingerprint density at radius 2 is 1.78 bits per heavy atom. The zero-order chi connectivity index (χ0) is 23.1. The van der Waals surface area contributed by atoms with E-state index in [1.807, 2.05) is 56.3 Å². The summed E-state index contributed by atoms with van der Waals surface area (Å²) in [6.45, 7) is 3.99. The highest BCUT2D eigenvalue weighted by molar-refractivity contribution is 6.09. The summed E-state index contributed by atoms with van der Waals surface area (Å²) in [6.07, 6.45) is 2.51. The number of hydrogen-bond donors (Lipinski definition) is 2. The Hall–Kier alpha value is -3.35. The fourth-order valence-corrected chi connectivity index (χ4v) is 3.76. The summed E-state index contributed by atoms with van der Waals surface area (Å²) < 4.78 is 10.8. The third kappa shape index (κ3) is 5.46. The Morgan fingerprint density at radius 3 is 2.41 bits per heavy atom. The maximum atomic E-state index is 12.7. The van der Waals surface area contributed by atoms with Crippen molar-refractivity contribution < 1.29 is 19.1 Å². The molecule has 1 aliphatic heterocycles. The fraction of sp³-hybridized carbons (Fsp3) is 0.400. The van der Waals surface area contributed by atoms with Gasteiger partial charge in [-0.05, 0) is 48.7 Å². The summed E-state index contributed by atoms with van der Waals surface area (Å²) in [7, 11) is 3.20. The average molecular weight is 438 g/mol. The van der Waals surface area contributed by atoms with Crippen LogP contribution in [0.15, 0.2) is 47.5 Å². The minimum atomic E-state index is -0.526. The third-order valence-corrected chi connectivity index (χ3v) is 5.48. The number of rotatable bonds is 9. The molecular weight excluding hydrogens is 406 g/mol. The second kappa shape index (κ2) is 10.8. The van der Waals surface area contributed by atoms with E-state index >= 15 is 0 Å². The minimum absolute atomic E-state index is 0.00155. The van der Waals surface area contributed by atoms with Crippen molar-refractivity contribution in [2.45, 2.75) is 51.6 Å². The Balaban J connectivity index is 1.82. The van der Waals surface area contributed by atoms with Gasteiger partial charge in [0.1, 0.15) is 6.04 Å². The molecule has 0 bridgehead atoms. The van der Waals surface area contributed by atoms with E-state index in [1.54, 1.807) is 14.2 Å². The molecule has 1 aliphatic rings. The number of ether oxygens (including phenoxy) is 2. The molecule has 7 nitrogen and oxygen atoms in total. The second-order valence-corrected chi connectivity index (χ2v) is 7.77. The fourth-order valence-electron chi connectivity index (χ4n) is 3.76. The van der Waals surface area contributed by atoms with Crippen molar-refractivity contribution in [3.05, 3.63) is 53.6 Å². The second-order valence-electron chi connectivity index (χ2n) is 7.77. The van der Waals surface area contributed by atoms with Crippen LogP contribution in [0.3, 0.4) is 0 Å². The van der Waals surface area contributed by atoms with Crippen LogP contribution in [0.1, 0.15) is 44.2 Å². The lowest BCUT2D eigenvalue weighted by Gasteiger charge is -2.28. The van der Waals surface area contributed by atoms with Crippen LogP contribution < -0.4 is 20.1 Å². The zero-order valence-corrected chi connectivity index (χ0v) is 19.1. The average Bonchev–Trinajstić information content (AvgIpc) is 2.81. The Kier molecular flexibility index (Phi) is 7.87. The molecule has 0 aliphatic carbocycles. The molecule has 3 rings (SSSR count). The first kappa shape index (κ1) is 23.3. The number of carbonyl (C=O) groups is 2. The van der Waals surface area contributed by atoms with Crippen LogP contribution in [0.5, 0.6) is 11.5 Å². The standard InChI is InChI=1S/C25H31N3O4/c1-5-7-23(29)26-18-11-8-16(9-12-18)14-20-25(30)28-19(6-2)24(27-20)17-10-13-21(31-3)22(15-17)32-4/h8-13,15,19-20H,5-7,14H2,1-4H3,(H,26,29)(H,28,30). The largest absolute Gasteiger partial charge is 0.493 e. The molecule has 0 fully saturated rings. The van der Waals surface area contributed by atoms with Gasteiger partial charge in [-0.1, -0.05) is 26.0 Å². The van der Waals surface area contributed by atoms with Crippen LogP contribution in [0.4, 0.5) is 5.69 Å². The number of hydrogen-bond acceptors (Lipinski definition) is 5. The lowest BCUT2D eigenvalue weighted by atomic mass is 9.95. The highest BCUT2D eigenvalue weighted by Gasteiger charge is 2.30. The molecule has 0 aromatic heterocycles. The number of nitrogens with one attached hydrogen (secondary N) is 2. The molecule has 0 saturated heterocycles. The van der Waals surface area contributed by atoms with Crippen molar-refractivity contribution in [1.82, 2.24) is 5.32 Å². The summed E-state index contributed by atoms with van der Waals surface area (Å²) >= 11 is 0. The maximum absolute atomic E-state index is 12.7. The van der Waals surface area contributed by atoms with Gasteiger partial charge >= 0.3 is 0 Å². The zero-order valence-electron chi connectivity index (χ0n) is 19.1. The van der Waals surface area contributed by atoms with Gasteiger partial charge in [-0.3, -0.25) is 14.6 Å². The molecule has 1 heterocycles. The van der Waals surface area contributed by atoms with Crippen molar-refractivity contribution in [2.24, 2.45) is 4.99 Å². The van der Waals surface area contributed by atoms with Gasteiger partial charge in [-0.15, -0.1) is 0 Å². The molecule has 2 aromatic rings. The summed E-state index contributed by atoms with van der Waals surface area (Å²) in [5.74, 6) is 1.19. The van der Waals surface area contributed by atoms with Crippen LogP contribution in [0.2, 0.25) is 0 Å². The normalized spacial score (nSPS) is 17.9. The van der Waals surface area contributed by atoms with Crippen molar-refractivity contribution in [3.8, 4) is 11.5 Å². The van der Waals surface area contributed by atoms with Crippen LogP contribution in [-0.2, 0) is 16.0 Å². The van der Waals surface area contributed by atoms with Crippen molar-refractivity contribution in [2.75, 3.05) is 19.5 Å². The van der Waals surface area contributed by atoms with Gasteiger partial charge in [0.15, 0.2) is 11.5 Å². The number of carbonyl (C=O) groups excluding carboxylic acids is 2. The van der Waals surface area contributed by atoms with E-state index in [0.717, 1.165) is 35.4 Å². The van der Waals surface area contributed by atoms with Crippen LogP contribution in [-0.4, -0.2) is 43.8 Å². The van der Waals surface area contributed by atoms with E-state index in [4.69, 9.17) is 14.5 Å². The summed E-state index contributed by atoms with van der Waals surface area (Å²) in [5.41, 5.74) is 3.46. The molecule has 0 saturated carbocycles. The molecule has 2 unspecified atom stereocenters. The van der Waals surface area contributed by atoms with Crippen LogP contribution in [0.25, 0.3) is 0 Å². The van der Waals surface area contributed by atoms with E-state index in [0.29, 0.717) is 24.3 Å². The number of anilines is 1. The molecule has 2 atom stereocenters. The van der Waals surface area contributed by atoms with Crippen molar-refractivity contribution in [3.63, 3.8) is 0 Å². The predicted octanol–water partition coefficient (Wildman–Crippen LogP) is 3.75. The first-order valence-corrected chi connectivity index (χ1v) is 11.0. The summed E-state index contributed by atoms with van der Waals surface area (Å²) in [6, 6.07) is 12.6. The monoisotopic (exact) mass is 437 g/mol. The van der Waals surface area contributed by atoms with Gasteiger partial charge in [0.05, 0.1) is 26.0 Å². The molecule has 7 heteroatoms. The van der Waals surface area contributed by atoms with E-state index in [-0.39, 0.29) is 17.9 Å². The lowest BCUT2D eigenvalue weighted by Crippen LogP contribution is -2.50. The Morgan fingerprint density at radius 1 is 1.06 bits per heavy atom. The number of amides is 2. The van der Waals surface area contributed by atoms with Gasteiger partial charge in [0, 0.05) is 24.1 Å². The summed E-state index contributed by atoms with van der Waals surface area (Å²) in [5, 5.41) is 5.98. The Labute approximate surface area is 189 Å². The van der Waals surface area contributed by atoms with Crippen molar-refractivity contribution in [1.29, 1.82) is 0 Å². The van der Waals surface area contributed by atoms with Gasteiger partial charge in [-0.2, -0.15) is 0 Å².